The van der Waals surface area contributed by atoms with Crippen LogP contribution in [0.5, 0.6) is 0 Å². The first kappa shape index (κ1) is 18.1. The van der Waals surface area contributed by atoms with Crippen molar-refractivity contribution in [1.29, 1.82) is 0 Å². The SMILES string of the molecule is NC(=O)Cc1ccccc1NC(=O)CCN1C(=O)C2CCCCC2C1=O. The van der Waals surface area contributed by atoms with Crippen LogP contribution < -0.4 is 11.1 Å². The van der Waals surface area contributed by atoms with Gasteiger partial charge < -0.3 is 11.1 Å². The average molecular weight is 357 g/mol. The number of imide groups is 1. The average Bonchev–Trinajstić information content (AvgIpc) is 2.86. The summed E-state index contributed by atoms with van der Waals surface area (Å²) in [4.78, 5) is 49.5. The van der Waals surface area contributed by atoms with E-state index in [1.165, 1.54) is 4.90 Å². The van der Waals surface area contributed by atoms with Gasteiger partial charge in [0.15, 0.2) is 0 Å². The smallest absolute Gasteiger partial charge is 0.233 e. The first-order valence-electron chi connectivity index (χ1n) is 8.98. The molecule has 1 aromatic rings. The molecule has 1 heterocycles. The molecular weight excluding hydrogens is 334 g/mol. The summed E-state index contributed by atoms with van der Waals surface area (Å²) in [6, 6.07) is 6.92. The number of nitrogens with zero attached hydrogens (tertiary/aromatic N) is 1. The molecule has 2 fully saturated rings. The predicted molar refractivity (Wildman–Crippen MR) is 94.8 cm³/mol. The van der Waals surface area contributed by atoms with Crippen molar-refractivity contribution in [3.05, 3.63) is 29.8 Å². The number of anilines is 1. The van der Waals surface area contributed by atoms with Crippen molar-refractivity contribution < 1.29 is 19.2 Å². The first-order chi connectivity index (χ1) is 12.5. The minimum atomic E-state index is -0.484. The maximum absolute atomic E-state index is 12.4. The number of fused-ring (bicyclic) bond motifs is 1. The Morgan fingerprint density at radius 3 is 2.31 bits per heavy atom. The molecule has 1 aliphatic carbocycles. The number of hydrogen-bond acceptors (Lipinski definition) is 4. The van der Waals surface area contributed by atoms with Crippen LogP contribution in [0.4, 0.5) is 5.69 Å². The first-order valence-corrected chi connectivity index (χ1v) is 8.98. The molecule has 0 aromatic heterocycles. The van der Waals surface area contributed by atoms with Crippen LogP contribution >= 0.6 is 0 Å². The molecular formula is C19H23N3O4. The molecule has 0 spiro atoms. The predicted octanol–water partition coefficient (Wildman–Crippen LogP) is 1.22. The van der Waals surface area contributed by atoms with Crippen LogP contribution in [0.3, 0.4) is 0 Å². The van der Waals surface area contributed by atoms with Crippen LogP contribution in [0.15, 0.2) is 24.3 Å². The van der Waals surface area contributed by atoms with Gasteiger partial charge in [-0.25, -0.2) is 0 Å². The zero-order chi connectivity index (χ0) is 18.7. The van der Waals surface area contributed by atoms with E-state index in [1.807, 2.05) is 0 Å². The number of nitrogens with one attached hydrogen (secondary N) is 1. The fraction of sp³-hybridized carbons (Fsp3) is 0.474. The van der Waals surface area contributed by atoms with E-state index in [9.17, 15) is 19.2 Å². The number of nitrogens with two attached hydrogens (primary N) is 1. The molecule has 7 heteroatoms. The third kappa shape index (κ3) is 3.76. The van der Waals surface area contributed by atoms with Crippen LogP contribution in [0.2, 0.25) is 0 Å². The second-order valence-electron chi connectivity index (χ2n) is 6.92. The third-order valence-corrected chi connectivity index (χ3v) is 5.15. The van der Waals surface area contributed by atoms with Gasteiger partial charge in [0.25, 0.3) is 0 Å². The Kier molecular flexibility index (Phi) is 5.35. The number of likely N-dealkylation sites (tertiary alicyclic amines) is 1. The van der Waals surface area contributed by atoms with E-state index >= 15 is 0 Å². The number of benzene rings is 1. The van der Waals surface area contributed by atoms with Gasteiger partial charge in [-0.15, -0.1) is 0 Å². The minimum absolute atomic E-state index is 0.0296. The van der Waals surface area contributed by atoms with Gasteiger partial charge in [0.1, 0.15) is 0 Å². The van der Waals surface area contributed by atoms with Crippen molar-refractivity contribution in [2.45, 2.75) is 38.5 Å². The number of carbonyl (C=O) groups excluding carboxylic acids is 4. The standard InChI is InChI=1S/C19H23N3O4/c20-16(23)11-12-5-1-4-8-15(12)21-17(24)9-10-22-18(25)13-6-2-3-7-14(13)19(22)26/h1,4-5,8,13-14H,2-3,6-7,9-11H2,(H2,20,23)(H,21,24). The van der Waals surface area contributed by atoms with Crippen molar-refractivity contribution in [2.75, 3.05) is 11.9 Å². The van der Waals surface area contributed by atoms with E-state index < -0.39 is 5.91 Å². The Morgan fingerprint density at radius 2 is 1.69 bits per heavy atom. The largest absolute Gasteiger partial charge is 0.369 e. The summed E-state index contributed by atoms with van der Waals surface area (Å²) in [5.41, 5.74) is 6.37. The molecule has 3 N–H and O–H groups in total. The number of carbonyl (C=O) groups is 4. The number of rotatable bonds is 6. The van der Waals surface area contributed by atoms with Gasteiger partial charge in [0, 0.05) is 18.7 Å². The molecule has 3 rings (SSSR count). The van der Waals surface area contributed by atoms with Gasteiger partial charge in [-0.3, -0.25) is 24.1 Å². The van der Waals surface area contributed by atoms with Gasteiger partial charge in [0.2, 0.25) is 23.6 Å². The molecule has 138 valence electrons. The molecule has 2 unspecified atom stereocenters. The molecule has 2 atom stereocenters. The van der Waals surface area contributed by atoms with E-state index in [4.69, 9.17) is 5.73 Å². The van der Waals surface area contributed by atoms with Gasteiger partial charge in [0.05, 0.1) is 18.3 Å². The quantitative estimate of drug-likeness (QED) is 0.746. The lowest BCUT2D eigenvalue weighted by Crippen LogP contribution is -2.34. The highest BCUT2D eigenvalue weighted by molar-refractivity contribution is 6.05. The van der Waals surface area contributed by atoms with E-state index in [1.54, 1.807) is 24.3 Å². The zero-order valence-corrected chi connectivity index (χ0v) is 14.6. The van der Waals surface area contributed by atoms with Gasteiger partial charge in [-0.05, 0) is 24.5 Å². The van der Waals surface area contributed by atoms with E-state index in [0.717, 1.165) is 25.7 Å². The molecule has 1 aromatic carbocycles. The topological polar surface area (TPSA) is 110 Å². The second-order valence-corrected chi connectivity index (χ2v) is 6.92. The Hall–Kier alpha value is -2.70. The van der Waals surface area contributed by atoms with E-state index in [2.05, 4.69) is 5.32 Å². The van der Waals surface area contributed by atoms with Crippen molar-refractivity contribution in [3.63, 3.8) is 0 Å². The highest BCUT2D eigenvalue weighted by Gasteiger charge is 2.47. The Labute approximate surface area is 151 Å². The number of para-hydroxylation sites is 1. The van der Waals surface area contributed by atoms with Crippen molar-refractivity contribution >= 4 is 29.3 Å². The van der Waals surface area contributed by atoms with Crippen molar-refractivity contribution in [2.24, 2.45) is 17.6 Å². The molecule has 4 amide bonds. The summed E-state index contributed by atoms with van der Waals surface area (Å²) in [6.07, 6.45) is 3.54. The number of hydrogen-bond donors (Lipinski definition) is 2. The monoisotopic (exact) mass is 357 g/mol. The summed E-state index contributed by atoms with van der Waals surface area (Å²) in [5, 5.41) is 2.74. The van der Waals surface area contributed by atoms with Crippen LogP contribution in [0.25, 0.3) is 0 Å². The maximum Gasteiger partial charge on any atom is 0.233 e. The molecule has 1 aliphatic heterocycles. The molecule has 7 nitrogen and oxygen atoms in total. The Morgan fingerprint density at radius 1 is 1.08 bits per heavy atom. The summed E-state index contributed by atoms with van der Waals surface area (Å²) < 4.78 is 0. The summed E-state index contributed by atoms with van der Waals surface area (Å²) in [5.74, 6) is -1.46. The number of primary amides is 1. The third-order valence-electron chi connectivity index (χ3n) is 5.15. The summed E-state index contributed by atoms with van der Waals surface area (Å²) in [6.45, 7) is 0.0918. The number of amides is 4. The molecule has 0 bridgehead atoms. The summed E-state index contributed by atoms with van der Waals surface area (Å²) >= 11 is 0. The van der Waals surface area contributed by atoms with Gasteiger partial charge in [-0.1, -0.05) is 31.0 Å². The minimum Gasteiger partial charge on any atom is -0.369 e. The zero-order valence-electron chi connectivity index (χ0n) is 14.6. The maximum atomic E-state index is 12.4. The van der Waals surface area contributed by atoms with E-state index in [-0.39, 0.29) is 48.9 Å². The summed E-state index contributed by atoms with van der Waals surface area (Å²) in [7, 11) is 0. The fourth-order valence-electron chi connectivity index (χ4n) is 3.86. The van der Waals surface area contributed by atoms with E-state index in [0.29, 0.717) is 11.3 Å². The van der Waals surface area contributed by atoms with Crippen LogP contribution in [0.1, 0.15) is 37.7 Å². The van der Waals surface area contributed by atoms with Crippen LogP contribution in [0, 0.1) is 11.8 Å². The molecule has 0 radical (unpaired) electrons. The van der Waals surface area contributed by atoms with Crippen LogP contribution in [-0.4, -0.2) is 35.1 Å². The normalized spacial score (nSPS) is 22.2. The van der Waals surface area contributed by atoms with Crippen molar-refractivity contribution in [3.8, 4) is 0 Å². The van der Waals surface area contributed by atoms with Crippen LogP contribution in [-0.2, 0) is 25.6 Å². The fourth-order valence-corrected chi connectivity index (χ4v) is 3.86. The highest BCUT2D eigenvalue weighted by Crippen LogP contribution is 2.37. The molecule has 1 saturated heterocycles. The van der Waals surface area contributed by atoms with Gasteiger partial charge >= 0.3 is 0 Å². The highest BCUT2D eigenvalue weighted by atomic mass is 16.2. The Bertz CT molecular complexity index is 722. The molecule has 26 heavy (non-hydrogen) atoms. The lowest BCUT2D eigenvalue weighted by Gasteiger charge is -2.19. The molecule has 1 saturated carbocycles. The lowest BCUT2D eigenvalue weighted by atomic mass is 9.81. The van der Waals surface area contributed by atoms with Crippen molar-refractivity contribution in [1.82, 2.24) is 4.90 Å². The van der Waals surface area contributed by atoms with Gasteiger partial charge in [-0.2, -0.15) is 0 Å². The Balaban J connectivity index is 1.59. The second kappa shape index (κ2) is 7.68. The lowest BCUT2D eigenvalue weighted by molar-refractivity contribution is -0.140. The molecule has 2 aliphatic rings.